The Bertz CT molecular complexity index is 906. The Morgan fingerprint density at radius 3 is 2.57 bits per heavy atom. The maximum absolute atomic E-state index is 11.2. The maximum atomic E-state index is 11.2. The lowest BCUT2D eigenvalue weighted by Gasteiger charge is -2.07. The van der Waals surface area contributed by atoms with E-state index in [-0.39, 0.29) is 10.2 Å². The Balaban J connectivity index is 1.97. The number of H-pyrrole nitrogens is 1. The number of aromatic nitrogens is 4. The van der Waals surface area contributed by atoms with Crippen molar-refractivity contribution in [2.45, 2.75) is 4.90 Å². The first-order valence-electron chi connectivity index (χ1n) is 5.70. The molecule has 0 unspecified atom stereocenters. The number of nitrogens with zero attached hydrogens (tertiary/aromatic N) is 3. The largest absolute Gasteiger partial charge is 0.339 e. The molecule has 3 rings (SSSR count). The lowest BCUT2D eigenvalue weighted by Crippen LogP contribution is -2.11. The Kier molecular flexibility index (Phi) is 3.24. The average Bonchev–Trinajstić information content (AvgIpc) is 2.86. The molecular weight excluding hydrogens is 316 g/mol. The van der Waals surface area contributed by atoms with Crippen molar-refractivity contribution in [2.24, 2.45) is 5.14 Å². The van der Waals surface area contributed by atoms with E-state index in [9.17, 15) is 8.42 Å². The van der Waals surface area contributed by atoms with E-state index in [4.69, 9.17) is 16.7 Å². The maximum Gasteiger partial charge on any atom is 0.238 e. The van der Waals surface area contributed by atoms with Gasteiger partial charge in [0.15, 0.2) is 5.65 Å². The van der Waals surface area contributed by atoms with Crippen LogP contribution in [0.3, 0.4) is 0 Å². The van der Waals surface area contributed by atoms with Crippen LogP contribution in [0, 0.1) is 0 Å². The highest BCUT2D eigenvalue weighted by atomic mass is 35.5. The summed E-state index contributed by atoms with van der Waals surface area (Å²) < 4.78 is 22.4. The number of hydrogen-bond acceptors (Lipinski definition) is 6. The molecule has 0 aliphatic heterocycles. The minimum atomic E-state index is -3.71. The molecule has 0 amide bonds. The van der Waals surface area contributed by atoms with Gasteiger partial charge in [-0.05, 0) is 35.9 Å². The van der Waals surface area contributed by atoms with Crippen LogP contribution >= 0.6 is 11.6 Å². The quantitative estimate of drug-likeness (QED) is 0.625. The van der Waals surface area contributed by atoms with Crippen LogP contribution in [-0.2, 0) is 10.0 Å². The molecule has 0 atom stereocenters. The molecule has 0 aliphatic rings. The third-order valence-corrected chi connectivity index (χ3v) is 3.83. The van der Waals surface area contributed by atoms with Crippen molar-refractivity contribution in [1.82, 2.24) is 20.2 Å². The number of anilines is 2. The fraction of sp³-hybridized carbons (Fsp3) is 0. The van der Waals surface area contributed by atoms with Gasteiger partial charge in [-0.25, -0.2) is 13.6 Å². The minimum Gasteiger partial charge on any atom is -0.339 e. The highest BCUT2D eigenvalue weighted by Gasteiger charge is 2.10. The molecule has 8 nitrogen and oxygen atoms in total. The molecule has 3 aromatic rings. The number of rotatable bonds is 3. The topological polar surface area (TPSA) is 127 Å². The number of primary sulfonamides is 1. The lowest BCUT2D eigenvalue weighted by atomic mass is 10.3. The molecule has 0 saturated carbocycles. The molecule has 2 heterocycles. The van der Waals surface area contributed by atoms with Gasteiger partial charge in [-0.3, -0.25) is 5.10 Å². The highest BCUT2D eigenvalue weighted by molar-refractivity contribution is 7.89. The van der Waals surface area contributed by atoms with E-state index < -0.39 is 10.0 Å². The molecule has 2 aromatic heterocycles. The van der Waals surface area contributed by atoms with Gasteiger partial charge < -0.3 is 5.32 Å². The van der Waals surface area contributed by atoms with Crippen molar-refractivity contribution >= 4 is 44.2 Å². The van der Waals surface area contributed by atoms with Gasteiger partial charge in [0.1, 0.15) is 5.82 Å². The third kappa shape index (κ3) is 2.79. The van der Waals surface area contributed by atoms with Crippen molar-refractivity contribution in [1.29, 1.82) is 0 Å². The summed E-state index contributed by atoms with van der Waals surface area (Å²) in [4.78, 5) is 8.09. The molecule has 0 radical (unpaired) electrons. The van der Waals surface area contributed by atoms with E-state index in [2.05, 4.69) is 25.5 Å². The molecule has 21 heavy (non-hydrogen) atoms. The molecule has 0 aliphatic carbocycles. The first-order chi connectivity index (χ1) is 9.93. The lowest BCUT2D eigenvalue weighted by molar-refractivity contribution is 0.598. The van der Waals surface area contributed by atoms with Crippen LogP contribution in [0.1, 0.15) is 0 Å². The Labute approximate surface area is 124 Å². The molecule has 0 saturated heterocycles. The average molecular weight is 325 g/mol. The van der Waals surface area contributed by atoms with Crippen LogP contribution in [0.25, 0.3) is 11.0 Å². The van der Waals surface area contributed by atoms with Crippen molar-refractivity contribution < 1.29 is 8.42 Å². The number of sulfonamides is 1. The zero-order chi connectivity index (χ0) is 15.0. The number of hydrogen-bond donors (Lipinski definition) is 3. The monoisotopic (exact) mass is 324 g/mol. The van der Waals surface area contributed by atoms with Crippen LogP contribution in [0.15, 0.2) is 35.4 Å². The van der Waals surface area contributed by atoms with Gasteiger partial charge >= 0.3 is 0 Å². The zero-order valence-corrected chi connectivity index (χ0v) is 12.0. The molecule has 1 aromatic carbocycles. The van der Waals surface area contributed by atoms with Crippen LogP contribution in [-0.4, -0.2) is 28.6 Å². The fourth-order valence-corrected chi connectivity index (χ4v) is 2.45. The summed E-state index contributed by atoms with van der Waals surface area (Å²) in [6, 6.07) is 5.93. The normalized spacial score (nSPS) is 11.7. The predicted molar refractivity (Wildman–Crippen MR) is 77.8 cm³/mol. The molecule has 0 spiro atoms. The van der Waals surface area contributed by atoms with Crippen molar-refractivity contribution in [3.63, 3.8) is 0 Å². The SMILES string of the molecule is NS(=O)(=O)c1ccc(Nc2nc(Cl)nc3[nH]ncc23)cc1. The predicted octanol–water partition coefficient (Wildman–Crippen LogP) is 1.40. The summed E-state index contributed by atoms with van der Waals surface area (Å²) in [5, 5.41) is 15.4. The first-order valence-corrected chi connectivity index (χ1v) is 7.62. The Morgan fingerprint density at radius 2 is 1.90 bits per heavy atom. The fourth-order valence-electron chi connectivity index (χ4n) is 1.77. The van der Waals surface area contributed by atoms with Crippen molar-refractivity contribution in [3.05, 3.63) is 35.7 Å². The smallest absolute Gasteiger partial charge is 0.238 e. The number of nitrogens with one attached hydrogen (secondary N) is 2. The van der Waals surface area contributed by atoms with Crippen molar-refractivity contribution in [2.75, 3.05) is 5.32 Å². The third-order valence-electron chi connectivity index (χ3n) is 2.73. The van der Waals surface area contributed by atoms with E-state index in [0.717, 1.165) is 0 Å². The number of fused-ring (bicyclic) bond motifs is 1. The molecule has 0 fully saturated rings. The molecule has 0 bridgehead atoms. The molecular formula is C11H9ClN6O2S. The van der Waals surface area contributed by atoms with Gasteiger partial charge in [-0.15, -0.1) is 0 Å². The molecule has 10 heteroatoms. The summed E-state index contributed by atoms with van der Waals surface area (Å²) in [7, 11) is -3.71. The Hall–Kier alpha value is -2.23. The van der Waals surface area contributed by atoms with Gasteiger partial charge in [0.25, 0.3) is 0 Å². The van der Waals surface area contributed by atoms with E-state index in [1.807, 2.05) is 0 Å². The molecule has 108 valence electrons. The number of nitrogens with two attached hydrogens (primary N) is 1. The van der Waals surface area contributed by atoms with Gasteiger partial charge in [0.2, 0.25) is 15.3 Å². The second kappa shape index (κ2) is 4.95. The van der Waals surface area contributed by atoms with Crippen LogP contribution in [0.5, 0.6) is 0 Å². The van der Waals surface area contributed by atoms with E-state index in [1.54, 1.807) is 18.3 Å². The molecule has 4 N–H and O–H groups in total. The van der Waals surface area contributed by atoms with Gasteiger partial charge in [0.05, 0.1) is 16.5 Å². The second-order valence-corrected chi connectivity index (χ2v) is 6.07. The number of benzene rings is 1. The van der Waals surface area contributed by atoms with E-state index in [1.165, 1.54) is 12.1 Å². The standard InChI is InChI=1S/C11H9ClN6O2S/c12-11-16-9(8-5-14-18-10(8)17-11)15-6-1-3-7(4-2-6)21(13,19)20/h1-5H,(H2,13,19,20)(H2,14,15,16,17,18). The first kappa shape index (κ1) is 13.7. The summed E-state index contributed by atoms with van der Waals surface area (Å²) >= 11 is 5.83. The number of halogens is 1. The van der Waals surface area contributed by atoms with Crippen LogP contribution < -0.4 is 10.5 Å². The zero-order valence-electron chi connectivity index (χ0n) is 10.4. The van der Waals surface area contributed by atoms with Gasteiger partial charge in [-0.2, -0.15) is 15.1 Å². The Morgan fingerprint density at radius 1 is 1.19 bits per heavy atom. The number of aromatic amines is 1. The van der Waals surface area contributed by atoms with Crippen LogP contribution in [0.4, 0.5) is 11.5 Å². The summed E-state index contributed by atoms with van der Waals surface area (Å²) in [5.74, 6) is 0.460. The second-order valence-electron chi connectivity index (χ2n) is 4.17. The summed E-state index contributed by atoms with van der Waals surface area (Å²) in [6.07, 6.45) is 1.56. The van der Waals surface area contributed by atoms with Crippen molar-refractivity contribution in [3.8, 4) is 0 Å². The summed E-state index contributed by atoms with van der Waals surface area (Å²) in [5.41, 5.74) is 1.12. The van der Waals surface area contributed by atoms with E-state index in [0.29, 0.717) is 22.5 Å². The minimum absolute atomic E-state index is 0.0298. The van der Waals surface area contributed by atoms with Crippen LogP contribution in [0.2, 0.25) is 5.28 Å². The van der Waals surface area contributed by atoms with Gasteiger partial charge in [0, 0.05) is 5.69 Å². The van der Waals surface area contributed by atoms with Gasteiger partial charge in [-0.1, -0.05) is 0 Å². The highest BCUT2D eigenvalue weighted by Crippen LogP contribution is 2.24. The van der Waals surface area contributed by atoms with E-state index >= 15 is 0 Å². The summed E-state index contributed by atoms with van der Waals surface area (Å²) in [6.45, 7) is 0.